The van der Waals surface area contributed by atoms with Crippen LogP contribution in [0.25, 0.3) is 10.9 Å². The lowest BCUT2D eigenvalue weighted by Crippen LogP contribution is -2.06. The maximum atomic E-state index is 3.47. The van der Waals surface area contributed by atoms with Crippen molar-refractivity contribution in [3.63, 3.8) is 0 Å². The van der Waals surface area contributed by atoms with Crippen molar-refractivity contribution in [1.29, 1.82) is 0 Å². The summed E-state index contributed by atoms with van der Waals surface area (Å²) in [5.74, 6) is 0. The number of fused-ring (bicyclic) bond motifs is 1. The largest absolute Gasteiger partial charge is 0.358 e. The van der Waals surface area contributed by atoms with E-state index in [-0.39, 0.29) is 0 Å². The maximum absolute atomic E-state index is 3.47. The lowest BCUT2D eigenvalue weighted by Gasteiger charge is -2.16. The van der Waals surface area contributed by atoms with Gasteiger partial charge in [0.05, 0.1) is 0 Å². The Morgan fingerprint density at radius 1 is 1.13 bits per heavy atom. The summed E-state index contributed by atoms with van der Waals surface area (Å²) in [5.41, 5.74) is 3.02. The highest BCUT2D eigenvalue weighted by Crippen LogP contribution is 2.23. The molecule has 1 nitrogen and oxygen atoms in total. The van der Waals surface area contributed by atoms with Crippen LogP contribution >= 0.6 is 0 Å². The maximum Gasteiger partial charge on any atom is 0.0456 e. The predicted octanol–water partition coefficient (Wildman–Crippen LogP) is 4.15. The van der Waals surface area contributed by atoms with E-state index in [1.54, 1.807) is 0 Å². The molecule has 0 aliphatic rings. The molecular weight excluding hydrogens is 182 g/mol. The molecule has 0 fully saturated rings. The monoisotopic (exact) mass is 201 g/mol. The lowest BCUT2D eigenvalue weighted by molar-refractivity contribution is 0.377. The number of aromatic amines is 1. The molecule has 0 unspecified atom stereocenters. The third kappa shape index (κ3) is 2.62. The number of benzene rings is 1. The molecule has 0 aliphatic heterocycles. The molecule has 15 heavy (non-hydrogen) atoms. The first-order valence-corrected chi connectivity index (χ1v) is 5.61. The Balaban J connectivity index is 2.16. The van der Waals surface area contributed by atoms with Gasteiger partial charge in [-0.15, -0.1) is 0 Å². The molecule has 0 saturated carbocycles. The van der Waals surface area contributed by atoms with Gasteiger partial charge in [-0.1, -0.05) is 39.0 Å². The normalized spacial score (nSPS) is 12.2. The SMILES string of the molecule is CC(C)(C)CCc1cc2ccccc2[nH]1. The summed E-state index contributed by atoms with van der Waals surface area (Å²) in [7, 11) is 0. The highest BCUT2D eigenvalue weighted by Gasteiger charge is 2.10. The Kier molecular flexibility index (Phi) is 2.56. The highest BCUT2D eigenvalue weighted by molar-refractivity contribution is 5.80. The van der Waals surface area contributed by atoms with Crippen molar-refractivity contribution in [3.05, 3.63) is 36.0 Å². The van der Waals surface area contributed by atoms with Crippen LogP contribution in [0.2, 0.25) is 0 Å². The molecule has 2 aromatic rings. The number of aryl methyl sites for hydroxylation is 1. The van der Waals surface area contributed by atoms with Crippen LogP contribution in [0.1, 0.15) is 32.9 Å². The van der Waals surface area contributed by atoms with Gasteiger partial charge in [-0.25, -0.2) is 0 Å². The van der Waals surface area contributed by atoms with Crippen LogP contribution in [0.5, 0.6) is 0 Å². The first kappa shape index (κ1) is 10.3. The molecule has 1 heterocycles. The fourth-order valence-corrected chi connectivity index (χ4v) is 1.78. The Hall–Kier alpha value is -1.24. The third-order valence-electron chi connectivity index (χ3n) is 2.73. The van der Waals surface area contributed by atoms with Gasteiger partial charge in [-0.05, 0) is 35.8 Å². The molecule has 1 aromatic heterocycles. The van der Waals surface area contributed by atoms with Crippen LogP contribution in [-0.4, -0.2) is 4.98 Å². The summed E-state index contributed by atoms with van der Waals surface area (Å²) in [6.07, 6.45) is 2.36. The third-order valence-corrected chi connectivity index (χ3v) is 2.73. The van der Waals surface area contributed by atoms with E-state index in [0.717, 1.165) is 6.42 Å². The number of hydrogen-bond acceptors (Lipinski definition) is 0. The zero-order chi connectivity index (χ0) is 10.9. The number of hydrogen-bond donors (Lipinski definition) is 1. The number of para-hydroxylation sites is 1. The molecule has 0 amide bonds. The summed E-state index contributed by atoms with van der Waals surface area (Å²) in [4.78, 5) is 3.47. The van der Waals surface area contributed by atoms with Gasteiger partial charge in [0, 0.05) is 11.2 Å². The minimum absolute atomic E-state index is 0.414. The molecule has 0 aliphatic carbocycles. The van der Waals surface area contributed by atoms with Crippen molar-refractivity contribution < 1.29 is 0 Å². The van der Waals surface area contributed by atoms with E-state index in [0.29, 0.717) is 5.41 Å². The fraction of sp³-hybridized carbons (Fsp3) is 0.429. The zero-order valence-corrected chi connectivity index (χ0v) is 9.80. The van der Waals surface area contributed by atoms with Gasteiger partial charge < -0.3 is 4.98 Å². The number of nitrogens with one attached hydrogen (secondary N) is 1. The van der Waals surface area contributed by atoms with Gasteiger partial charge >= 0.3 is 0 Å². The number of H-pyrrole nitrogens is 1. The molecule has 0 atom stereocenters. The lowest BCUT2D eigenvalue weighted by atomic mass is 9.90. The molecule has 1 aromatic carbocycles. The summed E-state index contributed by atoms with van der Waals surface area (Å²) >= 11 is 0. The summed E-state index contributed by atoms with van der Waals surface area (Å²) < 4.78 is 0. The second-order valence-electron chi connectivity index (χ2n) is 5.44. The molecule has 80 valence electrons. The first-order valence-electron chi connectivity index (χ1n) is 5.61. The van der Waals surface area contributed by atoms with E-state index in [9.17, 15) is 0 Å². The second-order valence-corrected chi connectivity index (χ2v) is 5.44. The van der Waals surface area contributed by atoms with Crippen LogP contribution in [-0.2, 0) is 6.42 Å². The first-order chi connectivity index (χ1) is 7.04. The van der Waals surface area contributed by atoms with Gasteiger partial charge in [-0.3, -0.25) is 0 Å². The van der Waals surface area contributed by atoms with Gasteiger partial charge in [0.2, 0.25) is 0 Å². The molecular formula is C14H19N. The highest BCUT2D eigenvalue weighted by atomic mass is 14.7. The van der Waals surface area contributed by atoms with E-state index in [1.807, 2.05) is 0 Å². The summed E-state index contributed by atoms with van der Waals surface area (Å²) in [6.45, 7) is 6.86. The minimum atomic E-state index is 0.414. The quantitative estimate of drug-likeness (QED) is 0.751. The van der Waals surface area contributed by atoms with Gasteiger partial charge in [0.25, 0.3) is 0 Å². The smallest absolute Gasteiger partial charge is 0.0456 e. The van der Waals surface area contributed by atoms with Gasteiger partial charge in [-0.2, -0.15) is 0 Å². The van der Waals surface area contributed by atoms with Crippen LogP contribution in [0, 0.1) is 5.41 Å². The molecule has 1 N–H and O–H groups in total. The van der Waals surface area contributed by atoms with E-state index >= 15 is 0 Å². The predicted molar refractivity (Wildman–Crippen MR) is 66.1 cm³/mol. The Labute approximate surface area is 91.5 Å². The fourth-order valence-electron chi connectivity index (χ4n) is 1.78. The zero-order valence-electron chi connectivity index (χ0n) is 9.80. The van der Waals surface area contributed by atoms with Gasteiger partial charge in [0.15, 0.2) is 0 Å². The number of rotatable bonds is 2. The van der Waals surface area contributed by atoms with Crippen molar-refractivity contribution in [1.82, 2.24) is 4.98 Å². The van der Waals surface area contributed by atoms with Crippen molar-refractivity contribution in [2.75, 3.05) is 0 Å². The average Bonchev–Trinajstić information content (AvgIpc) is 2.56. The average molecular weight is 201 g/mol. The number of aromatic nitrogens is 1. The molecule has 0 bridgehead atoms. The minimum Gasteiger partial charge on any atom is -0.358 e. The Morgan fingerprint density at radius 2 is 1.87 bits per heavy atom. The Morgan fingerprint density at radius 3 is 2.53 bits per heavy atom. The van der Waals surface area contributed by atoms with E-state index in [2.05, 4.69) is 56.1 Å². The van der Waals surface area contributed by atoms with Crippen molar-refractivity contribution in [2.24, 2.45) is 5.41 Å². The molecule has 0 radical (unpaired) electrons. The van der Waals surface area contributed by atoms with E-state index < -0.39 is 0 Å². The van der Waals surface area contributed by atoms with Crippen LogP contribution in [0.15, 0.2) is 30.3 Å². The van der Waals surface area contributed by atoms with Crippen LogP contribution in [0.4, 0.5) is 0 Å². The second kappa shape index (κ2) is 3.73. The van der Waals surface area contributed by atoms with Crippen LogP contribution in [0.3, 0.4) is 0 Å². The molecule has 0 saturated heterocycles. The van der Waals surface area contributed by atoms with Crippen molar-refractivity contribution in [3.8, 4) is 0 Å². The van der Waals surface area contributed by atoms with Crippen molar-refractivity contribution >= 4 is 10.9 Å². The summed E-state index contributed by atoms with van der Waals surface area (Å²) in [5, 5.41) is 1.32. The van der Waals surface area contributed by atoms with Crippen molar-refractivity contribution in [2.45, 2.75) is 33.6 Å². The van der Waals surface area contributed by atoms with E-state index in [4.69, 9.17) is 0 Å². The molecule has 0 spiro atoms. The molecule has 2 rings (SSSR count). The van der Waals surface area contributed by atoms with Crippen LogP contribution < -0.4 is 0 Å². The summed E-state index contributed by atoms with van der Waals surface area (Å²) in [6, 6.07) is 10.7. The molecule has 1 heteroatoms. The van der Waals surface area contributed by atoms with E-state index in [1.165, 1.54) is 23.0 Å². The standard InChI is InChI=1S/C14H19N/c1-14(2,3)9-8-12-10-11-6-4-5-7-13(11)15-12/h4-7,10,15H,8-9H2,1-3H3. The Bertz CT molecular complexity index is 413. The van der Waals surface area contributed by atoms with Gasteiger partial charge in [0.1, 0.15) is 0 Å². The topological polar surface area (TPSA) is 15.8 Å².